The molecule has 1 saturated heterocycles. The molecule has 1 aromatic rings. The fraction of sp³-hybridized carbons (Fsp3) is 0.708. The second-order valence-corrected chi connectivity index (χ2v) is 10.3. The molecule has 8 nitrogen and oxygen atoms in total. The summed E-state index contributed by atoms with van der Waals surface area (Å²) in [6.45, 7) is 2.25. The highest BCUT2D eigenvalue weighted by atomic mass is 16.7. The summed E-state index contributed by atoms with van der Waals surface area (Å²) in [5.74, 6) is 0.570. The van der Waals surface area contributed by atoms with Crippen LogP contribution in [-0.4, -0.2) is 68.3 Å². The van der Waals surface area contributed by atoms with Crippen molar-refractivity contribution in [2.24, 2.45) is 17.3 Å². The molecule has 2 saturated carbocycles. The van der Waals surface area contributed by atoms with Crippen LogP contribution < -0.4 is 4.74 Å². The van der Waals surface area contributed by atoms with Crippen LogP contribution >= 0.6 is 0 Å². The Bertz CT molecular complexity index is 889. The van der Waals surface area contributed by atoms with Gasteiger partial charge in [0, 0.05) is 0 Å². The molecule has 4 aliphatic rings. The van der Waals surface area contributed by atoms with Crippen LogP contribution in [0, 0.1) is 17.3 Å². The Morgan fingerprint density at radius 2 is 1.84 bits per heavy atom. The molecule has 10 atom stereocenters. The van der Waals surface area contributed by atoms with Crippen molar-refractivity contribution in [1.82, 2.24) is 0 Å². The van der Waals surface area contributed by atoms with Crippen molar-refractivity contribution in [2.75, 3.05) is 0 Å². The number of aliphatic hydroxyl groups excluding tert-OH is 4. The number of aryl methyl sites for hydroxylation is 1. The fourth-order valence-corrected chi connectivity index (χ4v) is 6.89. The first-order valence-corrected chi connectivity index (χ1v) is 11.6. The molecule has 0 radical (unpaired) electrons. The number of rotatable bonds is 3. The van der Waals surface area contributed by atoms with E-state index in [-0.39, 0.29) is 11.5 Å². The van der Waals surface area contributed by atoms with Gasteiger partial charge in [-0.2, -0.15) is 0 Å². The Kier molecular flexibility index (Phi) is 5.49. The van der Waals surface area contributed by atoms with Crippen LogP contribution in [0.2, 0.25) is 0 Å². The van der Waals surface area contributed by atoms with E-state index in [2.05, 4.69) is 6.92 Å². The average molecular weight is 449 g/mol. The molecule has 0 amide bonds. The standard InChI is InChI=1S/C24H32O8/c1-24-9-8-14-13-5-3-12(10-11(13)2-4-15(14)16(24)6-7-17(24)25)31-23-20(28)18(26)19(27)21(32-23)22(29)30/h3,5,10,14-21,23,25-28H,2,4,6-9H2,1H3,(H,29,30)/t14-,15-,16+,17-,18+,19-,20-,21+,23-,24+/m1/s1. The first-order chi connectivity index (χ1) is 15.2. The van der Waals surface area contributed by atoms with E-state index in [4.69, 9.17) is 9.47 Å². The van der Waals surface area contributed by atoms with Crippen molar-refractivity contribution < 1.29 is 39.8 Å². The van der Waals surface area contributed by atoms with Crippen LogP contribution in [0.4, 0.5) is 0 Å². The number of hydrogen-bond acceptors (Lipinski definition) is 7. The molecular weight excluding hydrogens is 416 g/mol. The lowest BCUT2D eigenvalue weighted by molar-refractivity contribution is -0.271. The molecule has 1 heterocycles. The highest BCUT2D eigenvalue weighted by Gasteiger charge is 2.54. The predicted octanol–water partition coefficient (Wildman–Crippen LogP) is 1.17. The number of fused-ring (bicyclic) bond motifs is 5. The van der Waals surface area contributed by atoms with Gasteiger partial charge in [-0.25, -0.2) is 4.79 Å². The van der Waals surface area contributed by atoms with Crippen molar-refractivity contribution in [1.29, 1.82) is 0 Å². The number of aliphatic carboxylic acids is 1. The van der Waals surface area contributed by atoms with Crippen molar-refractivity contribution in [3.05, 3.63) is 29.3 Å². The van der Waals surface area contributed by atoms with Crippen LogP contribution in [0.5, 0.6) is 5.75 Å². The number of ether oxygens (including phenoxy) is 2. The Morgan fingerprint density at radius 3 is 2.59 bits per heavy atom. The van der Waals surface area contributed by atoms with Gasteiger partial charge in [0.1, 0.15) is 24.1 Å². The van der Waals surface area contributed by atoms with E-state index >= 15 is 0 Å². The summed E-state index contributed by atoms with van der Waals surface area (Å²) < 4.78 is 11.0. The van der Waals surface area contributed by atoms with Crippen LogP contribution in [0.1, 0.15) is 56.1 Å². The van der Waals surface area contributed by atoms with Crippen LogP contribution in [0.15, 0.2) is 18.2 Å². The normalized spacial score (nSPS) is 45.5. The van der Waals surface area contributed by atoms with E-state index in [9.17, 15) is 30.3 Å². The Morgan fingerprint density at radius 1 is 1.06 bits per heavy atom. The van der Waals surface area contributed by atoms with E-state index in [1.807, 2.05) is 12.1 Å². The molecule has 8 heteroatoms. The quantitative estimate of drug-likeness (QED) is 0.465. The Balaban J connectivity index is 1.34. The zero-order valence-corrected chi connectivity index (χ0v) is 18.1. The van der Waals surface area contributed by atoms with Gasteiger partial charge in [0.2, 0.25) is 6.29 Å². The Hall–Kier alpha value is -1.71. The molecule has 3 fully saturated rings. The lowest BCUT2D eigenvalue weighted by Crippen LogP contribution is -2.61. The summed E-state index contributed by atoms with van der Waals surface area (Å²) >= 11 is 0. The molecule has 32 heavy (non-hydrogen) atoms. The first kappa shape index (κ1) is 22.1. The van der Waals surface area contributed by atoms with Crippen LogP contribution in [0.25, 0.3) is 0 Å². The van der Waals surface area contributed by atoms with E-state index < -0.39 is 36.7 Å². The maximum atomic E-state index is 11.3. The maximum absolute atomic E-state index is 11.3. The second-order valence-electron chi connectivity index (χ2n) is 10.3. The summed E-state index contributed by atoms with van der Waals surface area (Å²) in [6.07, 6.45) is -2.28. The average Bonchev–Trinajstić information content (AvgIpc) is 3.08. The first-order valence-electron chi connectivity index (χ1n) is 11.6. The third-order valence-corrected chi connectivity index (χ3v) is 8.71. The van der Waals surface area contributed by atoms with E-state index in [0.717, 1.165) is 38.5 Å². The number of benzene rings is 1. The Labute approximate surface area is 186 Å². The van der Waals surface area contributed by atoms with Gasteiger partial charge >= 0.3 is 5.97 Å². The molecule has 1 aromatic carbocycles. The topological polar surface area (TPSA) is 137 Å². The lowest BCUT2D eigenvalue weighted by Gasteiger charge is -2.50. The van der Waals surface area contributed by atoms with Gasteiger partial charge in [0.15, 0.2) is 6.10 Å². The summed E-state index contributed by atoms with van der Waals surface area (Å²) in [6, 6.07) is 5.75. The van der Waals surface area contributed by atoms with Crippen molar-refractivity contribution in [3.8, 4) is 5.75 Å². The minimum atomic E-state index is -1.74. The van der Waals surface area contributed by atoms with Crippen molar-refractivity contribution in [2.45, 2.75) is 88.2 Å². The van der Waals surface area contributed by atoms with Gasteiger partial charge in [-0.1, -0.05) is 13.0 Å². The van der Waals surface area contributed by atoms with E-state index in [0.29, 0.717) is 23.5 Å². The largest absolute Gasteiger partial charge is 0.479 e. The smallest absolute Gasteiger partial charge is 0.335 e. The van der Waals surface area contributed by atoms with Crippen molar-refractivity contribution in [3.63, 3.8) is 0 Å². The molecule has 0 spiro atoms. The third-order valence-electron chi connectivity index (χ3n) is 8.71. The molecule has 5 N–H and O–H groups in total. The highest BCUT2D eigenvalue weighted by molar-refractivity contribution is 5.73. The monoisotopic (exact) mass is 448 g/mol. The molecule has 0 aromatic heterocycles. The van der Waals surface area contributed by atoms with E-state index in [1.54, 1.807) is 6.07 Å². The van der Waals surface area contributed by atoms with Crippen LogP contribution in [0.3, 0.4) is 0 Å². The molecule has 0 bridgehead atoms. The minimum Gasteiger partial charge on any atom is -0.479 e. The summed E-state index contributed by atoms with van der Waals surface area (Å²) in [7, 11) is 0. The van der Waals surface area contributed by atoms with Gasteiger partial charge in [-0.15, -0.1) is 0 Å². The molecule has 5 rings (SSSR count). The number of aliphatic hydroxyl groups is 4. The van der Waals surface area contributed by atoms with Gasteiger partial charge in [0.05, 0.1) is 6.10 Å². The second kappa shape index (κ2) is 7.95. The van der Waals surface area contributed by atoms with Crippen molar-refractivity contribution >= 4 is 5.97 Å². The van der Waals surface area contributed by atoms with Gasteiger partial charge in [-0.3, -0.25) is 0 Å². The molecule has 3 aliphatic carbocycles. The number of hydrogen-bond donors (Lipinski definition) is 5. The fourth-order valence-electron chi connectivity index (χ4n) is 6.89. The summed E-state index contributed by atoms with van der Waals surface area (Å²) in [4.78, 5) is 11.3. The highest BCUT2D eigenvalue weighted by Crippen LogP contribution is 2.60. The molecular formula is C24H32O8. The SMILES string of the molecule is C[C@]12CC[C@@H]3c4ccc(O[C@@H]5O[C@H](C(=O)O)[C@H](O)[C@H](O)[C@H]5O)cc4CC[C@H]3[C@@H]1CC[C@H]2O. The minimum absolute atomic E-state index is 0.0300. The zero-order chi connectivity index (χ0) is 22.8. The number of carboxylic acids is 1. The third kappa shape index (κ3) is 3.35. The maximum Gasteiger partial charge on any atom is 0.335 e. The molecule has 0 unspecified atom stereocenters. The predicted molar refractivity (Wildman–Crippen MR) is 112 cm³/mol. The summed E-state index contributed by atoms with van der Waals surface area (Å²) in [5.41, 5.74) is 2.51. The van der Waals surface area contributed by atoms with Gasteiger partial charge in [0.25, 0.3) is 0 Å². The van der Waals surface area contributed by atoms with Crippen LogP contribution in [-0.2, 0) is 16.0 Å². The van der Waals surface area contributed by atoms with Gasteiger partial charge in [-0.05, 0) is 85.0 Å². The number of carboxylic acid groups (broad SMARTS) is 1. The number of carbonyl (C=O) groups is 1. The van der Waals surface area contributed by atoms with E-state index in [1.165, 1.54) is 11.1 Å². The van der Waals surface area contributed by atoms with Gasteiger partial charge < -0.3 is 35.0 Å². The molecule has 176 valence electrons. The summed E-state index contributed by atoms with van der Waals surface area (Å²) in [5, 5.41) is 49.8. The lowest BCUT2D eigenvalue weighted by atomic mass is 9.55. The molecule has 1 aliphatic heterocycles. The zero-order valence-electron chi connectivity index (χ0n) is 18.1.